The van der Waals surface area contributed by atoms with E-state index in [2.05, 4.69) is 35.1 Å². The number of aliphatic hydroxyl groups is 1. The first-order valence-electron chi connectivity index (χ1n) is 6.29. The summed E-state index contributed by atoms with van der Waals surface area (Å²) in [5, 5.41) is 12.9. The Morgan fingerprint density at radius 2 is 2.00 bits per heavy atom. The topological polar surface area (TPSA) is 41.5 Å². The highest BCUT2D eigenvalue weighted by atomic mass is 79.9. The first kappa shape index (κ1) is 15.3. The van der Waals surface area contributed by atoms with Gasteiger partial charge in [-0.05, 0) is 31.0 Å². The molecule has 0 unspecified atom stereocenters. The van der Waals surface area contributed by atoms with Gasteiger partial charge in [-0.25, -0.2) is 0 Å². The van der Waals surface area contributed by atoms with Gasteiger partial charge in [0.1, 0.15) is 5.75 Å². The number of aliphatic hydroxyl groups excluding tert-OH is 1. The van der Waals surface area contributed by atoms with Gasteiger partial charge in [0.05, 0.1) is 19.4 Å². The number of ether oxygens (including phenoxy) is 1. The van der Waals surface area contributed by atoms with Gasteiger partial charge in [0, 0.05) is 16.4 Å². The summed E-state index contributed by atoms with van der Waals surface area (Å²) >= 11 is 3.45. The summed E-state index contributed by atoms with van der Waals surface area (Å²) in [7, 11) is 1.66. The maximum Gasteiger partial charge on any atom is 0.142 e. The standard InChI is InChI=1S/C14H22BrNO2/c1-4-14(5-2,10-17)9-16-12-8-11(15)6-7-13(12)18-3/h6-8,16-17H,4-5,9-10H2,1-3H3. The van der Waals surface area contributed by atoms with Crippen molar-refractivity contribution in [2.45, 2.75) is 26.7 Å². The lowest BCUT2D eigenvalue weighted by Gasteiger charge is -2.30. The molecule has 1 aromatic rings. The van der Waals surface area contributed by atoms with Crippen LogP contribution in [0.2, 0.25) is 0 Å². The van der Waals surface area contributed by atoms with Gasteiger partial charge in [-0.2, -0.15) is 0 Å². The molecule has 1 rings (SSSR count). The molecule has 0 aliphatic carbocycles. The minimum Gasteiger partial charge on any atom is -0.495 e. The molecule has 0 aromatic heterocycles. The zero-order valence-corrected chi connectivity index (χ0v) is 12.9. The molecule has 1 aromatic carbocycles. The number of nitrogens with one attached hydrogen (secondary N) is 1. The number of benzene rings is 1. The van der Waals surface area contributed by atoms with Crippen molar-refractivity contribution in [3.05, 3.63) is 22.7 Å². The van der Waals surface area contributed by atoms with E-state index in [0.717, 1.165) is 35.3 Å². The molecule has 0 aliphatic heterocycles. The molecular formula is C14H22BrNO2. The molecule has 2 N–H and O–H groups in total. The van der Waals surface area contributed by atoms with Gasteiger partial charge < -0.3 is 15.2 Å². The van der Waals surface area contributed by atoms with Gasteiger partial charge in [0.25, 0.3) is 0 Å². The van der Waals surface area contributed by atoms with Crippen LogP contribution in [0.3, 0.4) is 0 Å². The molecular weight excluding hydrogens is 294 g/mol. The van der Waals surface area contributed by atoms with Gasteiger partial charge >= 0.3 is 0 Å². The third kappa shape index (κ3) is 3.62. The lowest BCUT2D eigenvalue weighted by molar-refractivity contribution is 0.127. The van der Waals surface area contributed by atoms with Crippen LogP contribution in [0.4, 0.5) is 5.69 Å². The normalized spacial score (nSPS) is 11.4. The van der Waals surface area contributed by atoms with E-state index in [1.807, 2.05) is 18.2 Å². The Hall–Kier alpha value is -0.740. The van der Waals surface area contributed by atoms with Crippen LogP contribution in [0.5, 0.6) is 5.75 Å². The summed E-state index contributed by atoms with van der Waals surface area (Å²) in [5.41, 5.74) is 0.888. The lowest BCUT2D eigenvalue weighted by Crippen LogP contribution is -2.32. The minimum atomic E-state index is -0.0622. The molecule has 0 bridgehead atoms. The molecule has 0 aliphatic rings. The summed E-state index contributed by atoms with van der Waals surface area (Å²) in [4.78, 5) is 0. The summed E-state index contributed by atoms with van der Waals surface area (Å²) < 4.78 is 6.33. The first-order chi connectivity index (χ1) is 8.60. The van der Waals surface area contributed by atoms with E-state index in [9.17, 15) is 5.11 Å². The van der Waals surface area contributed by atoms with Crippen molar-refractivity contribution in [1.29, 1.82) is 0 Å². The Labute approximate surface area is 118 Å². The molecule has 0 radical (unpaired) electrons. The van der Waals surface area contributed by atoms with E-state index in [-0.39, 0.29) is 12.0 Å². The average molecular weight is 316 g/mol. The van der Waals surface area contributed by atoms with Crippen LogP contribution in [-0.2, 0) is 0 Å². The highest BCUT2D eigenvalue weighted by Crippen LogP contribution is 2.31. The van der Waals surface area contributed by atoms with Crippen LogP contribution >= 0.6 is 15.9 Å². The van der Waals surface area contributed by atoms with Gasteiger partial charge in [0.15, 0.2) is 0 Å². The quantitative estimate of drug-likeness (QED) is 0.806. The number of hydrogen-bond acceptors (Lipinski definition) is 3. The number of halogens is 1. The Balaban J connectivity index is 2.81. The third-order valence-electron chi connectivity index (χ3n) is 3.65. The molecule has 102 valence electrons. The summed E-state index contributed by atoms with van der Waals surface area (Å²) in [5.74, 6) is 0.817. The van der Waals surface area contributed by atoms with Crippen LogP contribution in [0.25, 0.3) is 0 Å². The zero-order chi connectivity index (χ0) is 13.6. The van der Waals surface area contributed by atoms with Crippen LogP contribution in [0.15, 0.2) is 22.7 Å². The predicted molar refractivity (Wildman–Crippen MR) is 79.3 cm³/mol. The second-order valence-corrected chi connectivity index (χ2v) is 5.48. The Kier molecular flexibility index (Phi) is 5.96. The molecule has 0 atom stereocenters. The molecule has 0 saturated heterocycles. The van der Waals surface area contributed by atoms with E-state index < -0.39 is 0 Å². The van der Waals surface area contributed by atoms with E-state index in [0.29, 0.717) is 0 Å². The van der Waals surface area contributed by atoms with Crippen molar-refractivity contribution >= 4 is 21.6 Å². The summed E-state index contributed by atoms with van der Waals surface area (Å²) in [6, 6.07) is 5.86. The number of anilines is 1. The fourth-order valence-corrected chi connectivity index (χ4v) is 2.24. The smallest absolute Gasteiger partial charge is 0.142 e. The zero-order valence-electron chi connectivity index (χ0n) is 11.3. The number of hydrogen-bond donors (Lipinski definition) is 2. The van der Waals surface area contributed by atoms with E-state index in [4.69, 9.17) is 4.74 Å². The van der Waals surface area contributed by atoms with Gasteiger partial charge in [-0.1, -0.05) is 29.8 Å². The third-order valence-corrected chi connectivity index (χ3v) is 4.14. The second kappa shape index (κ2) is 7.00. The molecule has 0 saturated carbocycles. The van der Waals surface area contributed by atoms with Crippen molar-refractivity contribution in [3.63, 3.8) is 0 Å². The number of methoxy groups -OCH3 is 1. The van der Waals surface area contributed by atoms with Crippen LogP contribution < -0.4 is 10.1 Å². The maximum absolute atomic E-state index is 9.56. The molecule has 0 amide bonds. The molecule has 4 heteroatoms. The van der Waals surface area contributed by atoms with Crippen molar-refractivity contribution in [1.82, 2.24) is 0 Å². The van der Waals surface area contributed by atoms with Gasteiger partial charge in [-0.3, -0.25) is 0 Å². The van der Waals surface area contributed by atoms with E-state index in [1.54, 1.807) is 7.11 Å². The molecule has 18 heavy (non-hydrogen) atoms. The van der Waals surface area contributed by atoms with Crippen molar-refractivity contribution in [2.75, 3.05) is 25.6 Å². The van der Waals surface area contributed by atoms with Crippen LogP contribution in [0.1, 0.15) is 26.7 Å². The highest BCUT2D eigenvalue weighted by Gasteiger charge is 2.25. The van der Waals surface area contributed by atoms with E-state index in [1.165, 1.54) is 0 Å². The largest absolute Gasteiger partial charge is 0.495 e. The Morgan fingerprint density at radius 3 is 2.50 bits per heavy atom. The van der Waals surface area contributed by atoms with Crippen LogP contribution in [0, 0.1) is 5.41 Å². The molecule has 3 nitrogen and oxygen atoms in total. The molecule has 0 heterocycles. The van der Waals surface area contributed by atoms with Gasteiger partial charge in [-0.15, -0.1) is 0 Å². The lowest BCUT2D eigenvalue weighted by atomic mass is 9.83. The predicted octanol–water partition coefficient (Wildman–Crippen LogP) is 3.67. The van der Waals surface area contributed by atoms with Crippen LogP contribution in [-0.4, -0.2) is 25.4 Å². The maximum atomic E-state index is 9.56. The van der Waals surface area contributed by atoms with E-state index >= 15 is 0 Å². The highest BCUT2D eigenvalue weighted by molar-refractivity contribution is 9.10. The number of rotatable bonds is 7. The average Bonchev–Trinajstić information content (AvgIpc) is 2.41. The Morgan fingerprint density at radius 1 is 1.33 bits per heavy atom. The fourth-order valence-electron chi connectivity index (χ4n) is 1.88. The molecule has 0 spiro atoms. The minimum absolute atomic E-state index is 0.0622. The summed E-state index contributed by atoms with van der Waals surface area (Å²) in [6.07, 6.45) is 1.90. The van der Waals surface area contributed by atoms with Gasteiger partial charge in [0.2, 0.25) is 0 Å². The first-order valence-corrected chi connectivity index (χ1v) is 7.08. The second-order valence-electron chi connectivity index (χ2n) is 4.56. The molecule has 0 fully saturated rings. The van der Waals surface area contributed by atoms with Crippen molar-refractivity contribution < 1.29 is 9.84 Å². The monoisotopic (exact) mass is 315 g/mol. The fraction of sp³-hybridized carbons (Fsp3) is 0.571. The SMILES string of the molecule is CCC(CC)(CO)CNc1cc(Br)ccc1OC. The van der Waals surface area contributed by atoms with Crippen molar-refractivity contribution in [3.8, 4) is 5.75 Å². The summed E-state index contributed by atoms with van der Waals surface area (Å²) in [6.45, 7) is 5.16. The Bertz CT molecular complexity index is 370. The van der Waals surface area contributed by atoms with Crippen molar-refractivity contribution in [2.24, 2.45) is 5.41 Å².